The van der Waals surface area contributed by atoms with Gasteiger partial charge in [-0.1, -0.05) is 41.4 Å². The van der Waals surface area contributed by atoms with Gasteiger partial charge in [0, 0.05) is 22.2 Å². The molecule has 5 heteroatoms. The van der Waals surface area contributed by atoms with Crippen molar-refractivity contribution >= 4 is 44.6 Å². The van der Waals surface area contributed by atoms with Crippen LogP contribution in [0.2, 0.25) is 10.0 Å². The Labute approximate surface area is 147 Å². The van der Waals surface area contributed by atoms with Gasteiger partial charge in [0.25, 0.3) is 0 Å². The molecule has 4 aromatic rings. The van der Waals surface area contributed by atoms with Crippen molar-refractivity contribution in [1.82, 2.24) is 4.98 Å². The normalized spacial score (nSPS) is 11.3. The Hall–Kier alpha value is -1.81. The average Bonchev–Trinajstić information content (AvgIpc) is 3.10. The van der Waals surface area contributed by atoms with Gasteiger partial charge in [-0.3, -0.25) is 0 Å². The maximum atomic E-state index is 6.35. The Morgan fingerprint density at radius 2 is 1.87 bits per heavy atom. The number of hydrogen-bond donors (Lipinski definition) is 0. The Kier molecular flexibility index (Phi) is 3.64. The predicted molar refractivity (Wildman–Crippen MR) is 97.5 cm³/mol. The maximum Gasteiger partial charge on any atom is 0.192 e. The van der Waals surface area contributed by atoms with E-state index in [-0.39, 0.29) is 0 Å². The van der Waals surface area contributed by atoms with Crippen LogP contribution in [0.1, 0.15) is 5.89 Å². The van der Waals surface area contributed by atoms with Crippen LogP contribution in [0.3, 0.4) is 0 Å². The lowest BCUT2D eigenvalue weighted by molar-refractivity contribution is 0.535. The van der Waals surface area contributed by atoms with E-state index < -0.39 is 0 Å². The lowest BCUT2D eigenvalue weighted by Gasteiger charge is -2.03. The predicted octanol–water partition coefficient (Wildman–Crippen LogP) is 6.84. The number of rotatable bonds is 2. The summed E-state index contributed by atoms with van der Waals surface area (Å²) in [6, 6.07) is 15.8. The fourth-order valence-corrected chi connectivity index (χ4v) is 4.10. The summed E-state index contributed by atoms with van der Waals surface area (Å²) in [6.07, 6.45) is 0. The van der Waals surface area contributed by atoms with Gasteiger partial charge in [-0.15, -0.1) is 11.3 Å². The Morgan fingerprint density at radius 1 is 1.04 bits per heavy atom. The van der Waals surface area contributed by atoms with Crippen LogP contribution < -0.4 is 0 Å². The van der Waals surface area contributed by atoms with Gasteiger partial charge in [0.1, 0.15) is 5.69 Å². The first kappa shape index (κ1) is 14.8. The van der Waals surface area contributed by atoms with Gasteiger partial charge in [0.2, 0.25) is 0 Å². The lowest BCUT2D eigenvalue weighted by Crippen LogP contribution is -1.83. The second-order valence-corrected chi connectivity index (χ2v) is 7.11. The molecule has 2 heterocycles. The van der Waals surface area contributed by atoms with Crippen molar-refractivity contribution < 1.29 is 4.42 Å². The molecule has 0 aliphatic heterocycles. The molecule has 2 aromatic carbocycles. The minimum absolute atomic E-state index is 0.563. The van der Waals surface area contributed by atoms with Crippen molar-refractivity contribution in [1.29, 1.82) is 0 Å². The van der Waals surface area contributed by atoms with Gasteiger partial charge in [-0.2, -0.15) is 0 Å². The van der Waals surface area contributed by atoms with Crippen molar-refractivity contribution in [2.24, 2.45) is 0 Å². The minimum atomic E-state index is 0.563. The Morgan fingerprint density at radius 3 is 2.65 bits per heavy atom. The van der Waals surface area contributed by atoms with Crippen molar-refractivity contribution in [2.45, 2.75) is 6.92 Å². The van der Waals surface area contributed by atoms with Crippen LogP contribution in [0, 0.1) is 6.92 Å². The van der Waals surface area contributed by atoms with Crippen LogP contribution in [0.5, 0.6) is 0 Å². The summed E-state index contributed by atoms with van der Waals surface area (Å²) in [6.45, 7) is 1.84. The topological polar surface area (TPSA) is 26.0 Å². The third-order valence-corrected chi connectivity index (χ3v) is 5.23. The SMILES string of the molecule is Cc1nc(-c2ccc(Cl)cc2Cl)c(-c2cc3ccccc3s2)o1. The zero-order valence-electron chi connectivity index (χ0n) is 12.1. The molecular formula is C18H11Cl2NOS. The number of aromatic nitrogens is 1. The summed E-state index contributed by atoms with van der Waals surface area (Å²) in [5.74, 6) is 1.35. The summed E-state index contributed by atoms with van der Waals surface area (Å²) < 4.78 is 7.09. The fraction of sp³-hybridized carbons (Fsp3) is 0.0556. The third kappa shape index (κ3) is 2.65. The highest BCUT2D eigenvalue weighted by Gasteiger charge is 2.19. The van der Waals surface area contributed by atoms with E-state index in [4.69, 9.17) is 27.6 Å². The number of benzene rings is 2. The first-order chi connectivity index (χ1) is 11.1. The summed E-state index contributed by atoms with van der Waals surface area (Å²) in [4.78, 5) is 5.57. The number of halogens is 2. The standard InChI is InChI=1S/C18H11Cl2NOS/c1-10-21-17(13-7-6-12(19)9-14(13)20)18(22-10)16-8-11-4-2-3-5-15(11)23-16/h2-9H,1H3. The van der Waals surface area contributed by atoms with Gasteiger partial charge < -0.3 is 4.42 Å². The molecule has 0 unspecified atom stereocenters. The molecule has 0 bridgehead atoms. The second kappa shape index (κ2) is 5.68. The molecule has 0 fully saturated rings. The molecule has 23 heavy (non-hydrogen) atoms. The molecule has 2 nitrogen and oxygen atoms in total. The Bertz CT molecular complexity index is 986. The zero-order chi connectivity index (χ0) is 16.0. The van der Waals surface area contributed by atoms with E-state index >= 15 is 0 Å². The molecule has 0 saturated carbocycles. The highest BCUT2D eigenvalue weighted by molar-refractivity contribution is 7.22. The van der Waals surface area contributed by atoms with Crippen LogP contribution in [0.15, 0.2) is 52.9 Å². The largest absolute Gasteiger partial charge is 0.439 e. The average molecular weight is 360 g/mol. The second-order valence-electron chi connectivity index (χ2n) is 5.18. The lowest BCUT2D eigenvalue weighted by atomic mass is 10.1. The van der Waals surface area contributed by atoms with E-state index in [1.165, 1.54) is 10.1 Å². The maximum absolute atomic E-state index is 6.35. The van der Waals surface area contributed by atoms with Crippen molar-refractivity contribution in [3.63, 3.8) is 0 Å². The van der Waals surface area contributed by atoms with Gasteiger partial charge in [-0.05, 0) is 35.7 Å². The third-order valence-electron chi connectivity index (χ3n) is 3.57. The molecular weight excluding hydrogens is 349 g/mol. The number of hydrogen-bond acceptors (Lipinski definition) is 3. The number of thiophene rings is 1. The van der Waals surface area contributed by atoms with Crippen LogP contribution in [0.4, 0.5) is 0 Å². The molecule has 0 aliphatic carbocycles. The first-order valence-electron chi connectivity index (χ1n) is 7.03. The fourth-order valence-electron chi connectivity index (χ4n) is 2.55. The summed E-state index contributed by atoms with van der Waals surface area (Å²) >= 11 is 14.0. The molecule has 0 N–H and O–H groups in total. The van der Waals surface area contributed by atoms with Gasteiger partial charge in [-0.25, -0.2) is 4.98 Å². The molecule has 0 spiro atoms. The molecule has 0 aliphatic rings. The summed E-state index contributed by atoms with van der Waals surface area (Å²) in [5, 5.41) is 2.35. The summed E-state index contributed by atoms with van der Waals surface area (Å²) in [7, 11) is 0. The van der Waals surface area contributed by atoms with E-state index in [2.05, 4.69) is 23.2 Å². The number of oxazole rings is 1. The van der Waals surface area contributed by atoms with Crippen molar-refractivity contribution in [2.75, 3.05) is 0 Å². The van der Waals surface area contributed by atoms with Crippen LogP contribution in [-0.4, -0.2) is 4.98 Å². The van der Waals surface area contributed by atoms with E-state index in [1.54, 1.807) is 17.4 Å². The van der Waals surface area contributed by atoms with E-state index in [0.29, 0.717) is 15.9 Å². The monoisotopic (exact) mass is 359 g/mol. The summed E-state index contributed by atoms with van der Waals surface area (Å²) in [5.41, 5.74) is 1.57. The Balaban J connectivity index is 1.93. The van der Waals surface area contributed by atoms with Crippen LogP contribution in [0.25, 0.3) is 32.0 Å². The zero-order valence-corrected chi connectivity index (χ0v) is 14.5. The van der Waals surface area contributed by atoms with Crippen molar-refractivity contribution in [3.8, 4) is 21.9 Å². The van der Waals surface area contributed by atoms with E-state index in [1.807, 2.05) is 31.2 Å². The molecule has 114 valence electrons. The van der Waals surface area contributed by atoms with Gasteiger partial charge in [0.05, 0.1) is 9.90 Å². The quantitative estimate of drug-likeness (QED) is 0.391. The molecule has 0 radical (unpaired) electrons. The highest BCUT2D eigenvalue weighted by atomic mass is 35.5. The van der Waals surface area contributed by atoms with Crippen LogP contribution >= 0.6 is 34.5 Å². The molecule has 0 amide bonds. The highest BCUT2D eigenvalue weighted by Crippen LogP contribution is 2.41. The van der Waals surface area contributed by atoms with Crippen molar-refractivity contribution in [3.05, 3.63) is 64.5 Å². The minimum Gasteiger partial charge on any atom is -0.439 e. The van der Waals surface area contributed by atoms with Crippen LogP contribution in [-0.2, 0) is 0 Å². The molecule has 2 aromatic heterocycles. The number of fused-ring (bicyclic) bond motifs is 1. The van der Waals surface area contributed by atoms with E-state index in [9.17, 15) is 0 Å². The number of nitrogens with zero attached hydrogens (tertiary/aromatic N) is 1. The van der Waals surface area contributed by atoms with Gasteiger partial charge in [0.15, 0.2) is 11.7 Å². The molecule has 4 rings (SSSR count). The molecule has 0 atom stereocenters. The smallest absolute Gasteiger partial charge is 0.192 e. The van der Waals surface area contributed by atoms with Gasteiger partial charge >= 0.3 is 0 Å². The van der Waals surface area contributed by atoms with E-state index in [0.717, 1.165) is 21.9 Å². The molecule has 0 saturated heterocycles. The first-order valence-corrected chi connectivity index (χ1v) is 8.61. The number of aryl methyl sites for hydroxylation is 1.